The smallest absolute Gasteiger partial charge is 0.343 e. The minimum Gasteiger partial charge on any atom is -0.493 e. The number of carbonyl (C=O) groups is 2. The van der Waals surface area contributed by atoms with Crippen molar-refractivity contribution >= 4 is 29.7 Å². The summed E-state index contributed by atoms with van der Waals surface area (Å²) in [5, 5.41) is 4.30. The second-order valence-electron chi connectivity index (χ2n) is 6.18. The molecule has 0 aliphatic heterocycles. The van der Waals surface area contributed by atoms with Crippen LogP contribution in [0.1, 0.15) is 15.9 Å². The van der Waals surface area contributed by atoms with E-state index in [1.165, 1.54) is 13.3 Å². The van der Waals surface area contributed by atoms with Crippen LogP contribution in [-0.2, 0) is 4.79 Å². The van der Waals surface area contributed by atoms with E-state index in [4.69, 9.17) is 25.8 Å². The van der Waals surface area contributed by atoms with Crippen LogP contribution in [0, 0.1) is 0 Å². The number of carbonyl (C=O) groups excluding carboxylic acids is 2. The lowest BCUT2D eigenvalue weighted by molar-refractivity contribution is -0.123. The Kier molecular flexibility index (Phi) is 7.61. The zero-order chi connectivity index (χ0) is 22.1. The van der Waals surface area contributed by atoms with E-state index in [0.717, 1.165) is 0 Å². The van der Waals surface area contributed by atoms with E-state index in [9.17, 15) is 9.59 Å². The van der Waals surface area contributed by atoms with Gasteiger partial charge in [-0.25, -0.2) is 10.2 Å². The van der Waals surface area contributed by atoms with Crippen molar-refractivity contribution in [1.82, 2.24) is 5.43 Å². The van der Waals surface area contributed by atoms with Crippen LogP contribution >= 0.6 is 11.6 Å². The van der Waals surface area contributed by atoms with Gasteiger partial charge in [0.15, 0.2) is 18.1 Å². The van der Waals surface area contributed by atoms with E-state index >= 15 is 0 Å². The summed E-state index contributed by atoms with van der Waals surface area (Å²) >= 11 is 5.97. The number of esters is 1. The molecule has 1 N–H and O–H groups in total. The zero-order valence-corrected chi connectivity index (χ0v) is 17.3. The van der Waals surface area contributed by atoms with Crippen molar-refractivity contribution in [1.29, 1.82) is 0 Å². The Balaban J connectivity index is 1.56. The van der Waals surface area contributed by atoms with Gasteiger partial charge in [0.25, 0.3) is 5.91 Å². The van der Waals surface area contributed by atoms with Crippen molar-refractivity contribution in [2.45, 2.75) is 0 Å². The van der Waals surface area contributed by atoms with Gasteiger partial charge < -0.3 is 14.2 Å². The van der Waals surface area contributed by atoms with E-state index in [1.54, 1.807) is 66.7 Å². The quantitative estimate of drug-likeness (QED) is 0.248. The predicted octanol–water partition coefficient (Wildman–Crippen LogP) is 4.10. The summed E-state index contributed by atoms with van der Waals surface area (Å²) in [5.41, 5.74) is 3.42. The summed E-state index contributed by atoms with van der Waals surface area (Å²) in [6.45, 7) is -0.237. The molecule has 31 heavy (non-hydrogen) atoms. The van der Waals surface area contributed by atoms with Gasteiger partial charge in [-0.3, -0.25) is 4.79 Å². The molecule has 158 valence electrons. The molecule has 0 aromatic heterocycles. The predicted molar refractivity (Wildman–Crippen MR) is 117 cm³/mol. The van der Waals surface area contributed by atoms with Crippen molar-refractivity contribution in [2.75, 3.05) is 13.7 Å². The highest BCUT2D eigenvalue weighted by Gasteiger charge is 2.12. The minimum atomic E-state index is -0.494. The first kappa shape index (κ1) is 21.9. The van der Waals surface area contributed by atoms with Crippen molar-refractivity contribution in [2.24, 2.45) is 5.10 Å². The second-order valence-corrected chi connectivity index (χ2v) is 6.59. The number of hydrazone groups is 1. The highest BCUT2D eigenvalue weighted by atomic mass is 35.5. The van der Waals surface area contributed by atoms with Crippen molar-refractivity contribution < 1.29 is 23.8 Å². The molecule has 0 bridgehead atoms. The molecule has 0 aliphatic rings. The van der Waals surface area contributed by atoms with Gasteiger partial charge in [0, 0.05) is 0 Å². The average Bonchev–Trinajstić information content (AvgIpc) is 2.80. The van der Waals surface area contributed by atoms with Crippen molar-refractivity contribution in [3.63, 3.8) is 0 Å². The number of halogens is 1. The molecular formula is C23H19ClN2O5. The summed E-state index contributed by atoms with van der Waals surface area (Å²) in [4.78, 5) is 24.1. The van der Waals surface area contributed by atoms with Gasteiger partial charge in [-0.05, 0) is 48.0 Å². The molecule has 0 heterocycles. The topological polar surface area (TPSA) is 86.2 Å². The Morgan fingerprint density at radius 1 is 0.968 bits per heavy atom. The van der Waals surface area contributed by atoms with E-state index < -0.39 is 11.9 Å². The monoisotopic (exact) mass is 438 g/mol. The molecule has 3 aromatic rings. The molecule has 3 rings (SSSR count). The molecule has 1 amide bonds. The van der Waals surface area contributed by atoms with Gasteiger partial charge >= 0.3 is 5.97 Å². The summed E-state index contributed by atoms with van der Waals surface area (Å²) in [6, 6.07) is 20.4. The molecule has 0 unspecified atom stereocenters. The van der Waals surface area contributed by atoms with Gasteiger partial charge in [0.1, 0.15) is 5.75 Å². The van der Waals surface area contributed by atoms with Gasteiger partial charge in [-0.1, -0.05) is 41.9 Å². The molecule has 0 spiro atoms. The molecule has 7 nitrogen and oxygen atoms in total. The molecule has 0 atom stereocenters. The van der Waals surface area contributed by atoms with Gasteiger partial charge in [-0.15, -0.1) is 0 Å². The van der Waals surface area contributed by atoms with Gasteiger partial charge in [0.2, 0.25) is 0 Å². The van der Waals surface area contributed by atoms with Crippen LogP contribution in [0.4, 0.5) is 0 Å². The first-order chi connectivity index (χ1) is 15.1. The number of para-hydroxylation sites is 1. The average molecular weight is 439 g/mol. The van der Waals surface area contributed by atoms with Crippen LogP contribution < -0.4 is 19.6 Å². The minimum absolute atomic E-state index is 0.237. The lowest BCUT2D eigenvalue weighted by Crippen LogP contribution is -2.24. The van der Waals surface area contributed by atoms with Crippen LogP contribution in [0.5, 0.6) is 17.2 Å². The fourth-order valence-electron chi connectivity index (χ4n) is 2.50. The fraction of sp³-hybridized carbons (Fsp3) is 0.0870. The Labute approximate surface area is 184 Å². The molecule has 8 heteroatoms. The Hall–Kier alpha value is -3.84. The maximum atomic E-state index is 12.2. The van der Waals surface area contributed by atoms with Gasteiger partial charge in [0.05, 0.1) is 23.9 Å². The molecule has 0 aliphatic carbocycles. The third kappa shape index (κ3) is 6.32. The first-order valence-corrected chi connectivity index (χ1v) is 9.59. The van der Waals surface area contributed by atoms with E-state index in [1.807, 2.05) is 6.07 Å². The summed E-state index contributed by atoms with van der Waals surface area (Å²) < 4.78 is 16.0. The van der Waals surface area contributed by atoms with Crippen LogP contribution in [0.25, 0.3) is 0 Å². The Bertz CT molecular complexity index is 1090. The van der Waals surface area contributed by atoms with Gasteiger partial charge in [-0.2, -0.15) is 5.10 Å². The van der Waals surface area contributed by atoms with Crippen molar-refractivity contribution in [3.8, 4) is 17.2 Å². The Morgan fingerprint density at radius 3 is 2.45 bits per heavy atom. The SMILES string of the molecule is COc1cc(/C=N/NC(=O)COc2ccccc2Cl)ccc1OC(=O)c1ccccc1. The maximum Gasteiger partial charge on any atom is 0.343 e. The second kappa shape index (κ2) is 10.8. The fourth-order valence-corrected chi connectivity index (χ4v) is 2.69. The molecule has 3 aromatic carbocycles. The molecule has 0 fully saturated rings. The number of ether oxygens (including phenoxy) is 3. The van der Waals surface area contributed by atoms with Crippen LogP contribution in [-0.4, -0.2) is 31.8 Å². The molecular weight excluding hydrogens is 420 g/mol. The number of nitrogens with one attached hydrogen (secondary N) is 1. The molecule has 0 radical (unpaired) electrons. The third-order valence-electron chi connectivity index (χ3n) is 4.00. The van der Waals surface area contributed by atoms with Crippen LogP contribution in [0.2, 0.25) is 5.02 Å². The lowest BCUT2D eigenvalue weighted by atomic mass is 10.2. The highest BCUT2D eigenvalue weighted by Crippen LogP contribution is 2.28. The standard InChI is InChI=1S/C23H19ClN2O5/c1-29-21-13-16(11-12-20(21)31-23(28)17-7-3-2-4-8-17)14-25-26-22(27)15-30-19-10-6-5-9-18(19)24/h2-14H,15H2,1H3,(H,26,27)/b25-14+. The summed E-state index contributed by atoms with van der Waals surface area (Å²) in [5.74, 6) is 0.0867. The largest absolute Gasteiger partial charge is 0.493 e. The molecule has 0 saturated carbocycles. The highest BCUT2D eigenvalue weighted by molar-refractivity contribution is 6.32. The van der Waals surface area contributed by atoms with E-state index in [-0.39, 0.29) is 12.4 Å². The van der Waals surface area contributed by atoms with Crippen molar-refractivity contribution in [3.05, 3.63) is 88.9 Å². The number of benzene rings is 3. The maximum absolute atomic E-state index is 12.2. The number of rotatable bonds is 8. The van der Waals surface area contributed by atoms with E-state index in [0.29, 0.717) is 27.6 Å². The Morgan fingerprint density at radius 2 is 1.71 bits per heavy atom. The number of hydrogen-bond acceptors (Lipinski definition) is 6. The molecule has 0 saturated heterocycles. The zero-order valence-electron chi connectivity index (χ0n) is 16.6. The van der Waals surface area contributed by atoms with Crippen LogP contribution in [0.15, 0.2) is 77.9 Å². The normalized spacial score (nSPS) is 10.5. The summed E-state index contributed by atoms with van der Waals surface area (Å²) in [6.07, 6.45) is 1.43. The first-order valence-electron chi connectivity index (χ1n) is 9.21. The summed E-state index contributed by atoms with van der Waals surface area (Å²) in [7, 11) is 1.46. The lowest BCUT2D eigenvalue weighted by Gasteiger charge is -2.10. The third-order valence-corrected chi connectivity index (χ3v) is 4.31. The number of nitrogens with zero attached hydrogens (tertiary/aromatic N) is 1. The van der Waals surface area contributed by atoms with Crippen LogP contribution in [0.3, 0.4) is 0 Å². The number of methoxy groups -OCH3 is 1. The number of hydrogen-bond donors (Lipinski definition) is 1. The number of amides is 1. The van der Waals surface area contributed by atoms with E-state index in [2.05, 4.69) is 10.5 Å².